The smallest absolute Gasteiger partial charge is 0.264 e. The summed E-state index contributed by atoms with van der Waals surface area (Å²) in [7, 11) is 3.07. The molecule has 0 saturated heterocycles. The second kappa shape index (κ2) is 13.4. The average Bonchev–Trinajstić information content (AvgIpc) is 3.31. The predicted molar refractivity (Wildman–Crippen MR) is 153 cm³/mol. The van der Waals surface area contributed by atoms with E-state index >= 15 is 0 Å². The molecule has 0 aliphatic carbocycles. The Hall–Kier alpha value is -4.42. The van der Waals surface area contributed by atoms with Crippen LogP contribution < -0.4 is 30.8 Å². The number of hydrazone groups is 1. The van der Waals surface area contributed by atoms with Gasteiger partial charge >= 0.3 is 0 Å². The molecule has 0 spiro atoms. The summed E-state index contributed by atoms with van der Waals surface area (Å²) in [4.78, 5) is 12.5. The molecule has 0 aliphatic heterocycles. The van der Waals surface area contributed by atoms with Gasteiger partial charge in [-0.1, -0.05) is 47.6 Å². The second-order valence-corrected chi connectivity index (χ2v) is 9.28. The number of carbonyl (C=O) groups excluding carboxylic acids is 1. The number of nitrogen functional groups attached to an aromatic ring is 1. The topological polar surface area (TPSA) is 138 Å². The van der Waals surface area contributed by atoms with E-state index in [4.69, 9.17) is 31.7 Å². The zero-order valence-corrected chi connectivity index (χ0v) is 22.7. The Bertz CT molecular complexity index is 1450. The van der Waals surface area contributed by atoms with Crippen molar-refractivity contribution in [3.05, 3.63) is 82.9 Å². The first-order valence-electron chi connectivity index (χ1n) is 11.6. The number of carbonyl (C=O) groups is 1. The largest absolute Gasteiger partial charge is 0.497 e. The van der Waals surface area contributed by atoms with Crippen LogP contribution in [-0.4, -0.2) is 47.0 Å². The highest BCUT2D eigenvalue weighted by molar-refractivity contribution is 7.99. The molecule has 0 fully saturated rings. The summed E-state index contributed by atoms with van der Waals surface area (Å²) in [6.45, 7) is 0.381. The maximum atomic E-state index is 12.5. The van der Waals surface area contributed by atoms with Gasteiger partial charge in [-0.3, -0.25) is 4.79 Å². The molecule has 13 heteroatoms. The van der Waals surface area contributed by atoms with E-state index in [1.807, 2.05) is 48.5 Å². The molecule has 1 heterocycles. The number of nitrogens with one attached hydrogen (secondary N) is 2. The average molecular weight is 568 g/mol. The minimum absolute atomic E-state index is 0.0477. The number of para-hydroxylation sites is 1. The fraction of sp³-hybridized carbons (Fsp3) is 0.154. The number of hydrogen-bond acceptors (Lipinski definition) is 10. The molecule has 202 valence electrons. The number of anilines is 2. The molecule has 4 rings (SSSR count). The summed E-state index contributed by atoms with van der Waals surface area (Å²) in [6, 6.07) is 20.0. The quantitative estimate of drug-likeness (QED) is 0.0982. The standard InChI is InChI=1S/C26H26ClN7O4S/c1-36-20-11-12-21(23(13-20)37-2)30-24(35)16-39-26-33-32-25(34(26)28)31-29-14-18-5-3-4-6-22(18)38-15-17-7-9-19(27)10-8-17/h3-14H,15-16,28H2,1-2H3,(H,30,35)(H,31,32)/b29-14+. The normalized spacial score (nSPS) is 10.8. The Morgan fingerprint density at radius 2 is 1.87 bits per heavy atom. The van der Waals surface area contributed by atoms with Crippen LogP contribution in [0.2, 0.25) is 5.02 Å². The molecule has 1 aromatic heterocycles. The van der Waals surface area contributed by atoms with Gasteiger partial charge in [-0.2, -0.15) is 5.10 Å². The Morgan fingerprint density at radius 3 is 2.64 bits per heavy atom. The van der Waals surface area contributed by atoms with Gasteiger partial charge in [0.2, 0.25) is 11.1 Å². The van der Waals surface area contributed by atoms with Gasteiger partial charge in [-0.05, 0) is 42.0 Å². The van der Waals surface area contributed by atoms with Crippen molar-refractivity contribution in [1.82, 2.24) is 14.9 Å². The van der Waals surface area contributed by atoms with Crippen LogP contribution in [0.3, 0.4) is 0 Å². The summed E-state index contributed by atoms with van der Waals surface area (Å²) < 4.78 is 17.6. The number of amides is 1. The van der Waals surface area contributed by atoms with Crippen LogP contribution >= 0.6 is 23.4 Å². The Kier molecular flexibility index (Phi) is 9.48. The summed E-state index contributed by atoms with van der Waals surface area (Å²) in [6.07, 6.45) is 1.59. The third-order valence-electron chi connectivity index (χ3n) is 5.27. The molecule has 0 unspecified atom stereocenters. The van der Waals surface area contributed by atoms with E-state index in [2.05, 4.69) is 26.0 Å². The van der Waals surface area contributed by atoms with Crippen molar-refractivity contribution in [2.75, 3.05) is 36.6 Å². The first kappa shape index (κ1) is 27.6. The summed E-state index contributed by atoms with van der Waals surface area (Å²) in [5, 5.41) is 16.0. The lowest BCUT2D eigenvalue weighted by atomic mass is 10.2. The SMILES string of the molecule is COc1ccc(NC(=O)CSc2nnc(N/N=C/c3ccccc3OCc3ccc(Cl)cc3)n2N)c(OC)c1. The van der Waals surface area contributed by atoms with Crippen molar-refractivity contribution in [3.63, 3.8) is 0 Å². The van der Waals surface area contributed by atoms with Crippen molar-refractivity contribution < 1.29 is 19.0 Å². The number of aromatic nitrogens is 3. The number of benzene rings is 3. The highest BCUT2D eigenvalue weighted by atomic mass is 35.5. The lowest BCUT2D eigenvalue weighted by molar-refractivity contribution is -0.113. The summed E-state index contributed by atoms with van der Waals surface area (Å²) in [5.74, 6) is 7.82. The van der Waals surface area contributed by atoms with Crippen LogP contribution in [0.25, 0.3) is 0 Å². The second-order valence-electron chi connectivity index (χ2n) is 7.90. The molecule has 3 aromatic carbocycles. The number of nitrogens with two attached hydrogens (primary N) is 1. The lowest BCUT2D eigenvalue weighted by Crippen LogP contribution is -2.17. The molecule has 4 N–H and O–H groups in total. The zero-order valence-electron chi connectivity index (χ0n) is 21.1. The third kappa shape index (κ3) is 7.55. The number of hydrogen-bond donors (Lipinski definition) is 3. The molecule has 0 atom stereocenters. The maximum absolute atomic E-state index is 12.5. The monoisotopic (exact) mass is 567 g/mol. The van der Waals surface area contributed by atoms with Gasteiger partial charge in [-0.25, -0.2) is 10.1 Å². The molecule has 0 aliphatic rings. The number of halogens is 1. The van der Waals surface area contributed by atoms with Crippen molar-refractivity contribution >= 4 is 47.1 Å². The van der Waals surface area contributed by atoms with Crippen molar-refractivity contribution in [2.24, 2.45) is 5.10 Å². The molecule has 4 aromatic rings. The molecule has 0 bridgehead atoms. The molecule has 1 amide bonds. The maximum Gasteiger partial charge on any atom is 0.264 e. The lowest BCUT2D eigenvalue weighted by Gasteiger charge is -2.11. The van der Waals surface area contributed by atoms with E-state index in [0.717, 1.165) is 22.9 Å². The third-order valence-corrected chi connectivity index (χ3v) is 6.47. The van der Waals surface area contributed by atoms with Gasteiger partial charge in [0.05, 0.1) is 31.9 Å². The Morgan fingerprint density at radius 1 is 1.08 bits per heavy atom. The van der Waals surface area contributed by atoms with Crippen molar-refractivity contribution in [3.8, 4) is 17.2 Å². The minimum atomic E-state index is -0.269. The number of rotatable bonds is 12. The molecular weight excluding hydrogens is 542 g/mol. The van der Waals surface area contributed by atoms with Gasteiger partial charge in [0.15, 0.2) is 0 Å². The van der Waals surface area contributed by atoms with Crippen LogP contribution in [0.5, 0.6) is 17.2 Å². The number of thioether (sulfide) groups is 1. The predicted octanol–water partition coefficient (Wildman–Crippen LogP) is 4.42. The van der Waals surface area contributed by atoms with Crippen LogP contribution in [0, 0.1) is 0 Å². The van der Waals surface area contributed by atoms with Gasteiger partial charge in [0.1, 0.15) is 23.9 Å². The van der Waals surface area contributed by atoms with Crippen molar-refractivity contribution in [2.45, 2.75) is 11.8 Å². The molecular formula is C26H26ClN7O4S. The number of methoxy groups -OCH3 is 2. The van der Waals surface area contributed by atoms with Gasteiger partial charge in [0.25, 0.3) is 5.95 Å². The highest BCUT2D eigenvalue weighted by Crippen LogP contribution is 2.29. The van der Waals surface area contributed by atoms with Crippen LogP contribution in [-0.2, 0) is 11.4 Å². The zero-order chi connectivity index (χ0) is 27.6. The Balaban J connectivity index is 1.31. The van der Waals surface area contributed by atoms with E-state index in [1.165, 1.54) is 11.8 Å². The fourth-order valence-corrected chi connectivity index (χ4v) is 4.07. The van der Waals surface area contributed by atoms with Crippen LogP contribution in [0.4, 0.5) is 11.6 Å². The van der Waals surface area contributed by atoms with E-state index in [0.29, 0.717) is 39.7 Å². The number of nitrogens with zero attached hydrogens (tertiary/aromatic N) is 4. The van der Waals surface area contributed by atoms with E-state index in [1.54, 1.807) is 31.5 Å². The number of ether oxygens (including phenoxy) is 3. The van der Waals surface area contributed by atoms with Crippen molar-refractivity contribution in [1.29, 1.82) is 0 Å². The Labute approximate surface area is 234 Å². The van der Waals surface area contributed by atoms with Gasteiger partial charge in [0, 0.05) is 16.7 Å². The minimum Gasteiger partial charge on any atom is -0.497 e. The highest BCUT2D eigenvalue weighted by Gasteiger charge is 2.14. The van der Waals surface area contributed by atoms with Crippen LogP contribution in [0.15, 0.2) is 77.0 Å². The first-order valence-corrected chi connectivity index (χ1v) is 12.9. The van der Waals surface area contributed by atoms with E-state index < -0.39 is 0 Å². The first-order chi connectivity index (χ1) is 19.0. The molecule has 39 heavy (non-hydrogen) atoms. The van der Waals surface area contributed by atoms with Gasteiger partial charge in [-0.15, -0.1) is 10.2 Å². The summed E-state index contributed by atoms with van der Waals surface area (Å²) >= 11 is 7.06. The van der Waals surface area contributed by atoms with E-state index in [9.17, 15) is 4.79 Å². The van der Waals surface area contributed by atoms with E-state index in [-0.39, 0.29) is 17.6 Å². The van der Waals surface area contributed by atoms with Crippen LogP contribution in [0.1, 0.15) is 11.1 Å². The molecule has 0 radical (unpaired) electrons. The fourth-order valence-electron chi connectivity index (χ4n) is 3.29. The summed E-state index contributed by atoms with van der Waals surface area (Å²) in [5.41, 5.74) is 5.02. The molecule has 0 saturated carbocycles. The van der Waals surface area contributed by atoms with Gasteiger partial charge < -0.3 is 25.4 Å². The molecule has 11 nitrogen and oxygen atoms in total.